The fraction of sp³-hybridized carbons (Fsp3) is 0.600. The van der Waals surface area contributed by atoms with E-state index in [9.17, 15) is 0 Å². The molecular weight excluding hydrogens is 208 g/mol. The van der Waals surface area contributed by atoms with Gasteiger partial charge in [-0.25, -0.2) is 0 Å². The zero-order valence-corrected chi connectivity index (χ0v) is 11.2. The topological polar surface area (TPSA) is 29.3 Å². The molecule has 0 aliphatic carbocycles. The van der Waals surface area contributed by atoms with E-state index < -0.39 is 0 Å². The number of nitrogen functional groups attached to an aromatic ring is 1. The summed E-state index contributed by atoms with van der Waals surface area (Å²) >= 11 is 0. The van der Waals surface area contributed by atoms with Crippen LogP contribution in [0.2, 0.25) is 0 Å². The summed E-state index contributed by atoms with van der Waals surface area (Å²) in [7, 11) is 0. The van der Waals surface area contributed by atoms with Gasteiger partial charge in [0, 0.05) is 24.8 Å². The summed E-state index contributed by atoms with van der Waals surface area (Å²) < 4.78 is 0. The predicted octanol–water partition coefficient (Wildman–Crippen LogP) is 3.45. The first-order chi connectivity index (χ1) is 8.10. The van der Waals surface area contributed by atoms with E-state index >= 15 is 0 Å². The second kappa shape index (κ2) is 4.69. The van der Waals surface area contributed by atoms with E-state index in [1.54, 1.807) is 0 Å². The van der Waals surface area contributed by atoms with Crippen molar-refractivity contribution in [1.29, 1.82) is 0 Å². The zero-order valence-electron chi connectivity index (χ0n) is 11.2. The van der Waals surface area contributed by atoms with Gasteiger partial charge in [-0.1, -0.05) is 26.0 Å². The highest BCUT2D eigenvalue weighted by Gasteiger charge is 2.41. The summed E-state index contributed by atoms with van der Waals surface area (Å²) in [5, 5.41) is 0. The van der Waals surface area contributed by atoms with Gasteiger partial charge in [-0.05, 0) is 42.9 Å². The van der Waals surface area contributed by atoms with E-state index in [1.807, 2.05) is 12.1 Å². The Morgan fingerprint density at radius 2 is 1.94 bits per heavy atom. The second-order valence-electron chi connectivity index (χ2n) is 5.46. The summed E-state index contributed by atoms with van der Waals surface area (Å²) in [6.45, 7) is 9.37. The van der Waals surface area contributed by atoms with Crippen LogP contribution in [0.5, 0.6) is 0 Å². The van der Waals surface area contributed by atoms with Crippen LogP contribution in [0.4, 0.5) is 5.69 Å². The third-order valence-electron chi connectivity index (χ3n) is 4.52. The minimum absolute atomic E-state index is 0.490. The van der Waals surface area contributed by atoms with Gasteiger partial charge in [0.25, 0.3) is 0 Å². The molecule has 0 spiro atoms. The number of hydrogen-bond donors (Lipinski definition) is 1. The number of rotatable bonds is 4. The van der Waals surface area contributed by atoms with Gasteiger partial charge < -0.3 is 5.73 Å². The van der Waals surface area contributed by atoms with Gasteiger partial charge in [-0.2, -0.15) is 0 Å². The van der Waals surface area contributed by atoms with Crippen molar-refractivity contribution in [2.75, 3.05) is 18.8 Å². The maximum atomic E-state index is 5.84. The van der Waals surface area contributed by atoms with Crippen LogP contribution in [0.15, 0.2) is 24.3 Å². The van der Waals surface area contributed by atoms with Crippen molar-refractivity contribution in [1.82, 2.24) is 4.90 Å². The van der Waals surface area contributed by atoms with Gasteiger partial charge in [-0.3, -0.25) is 4.90 Å². The minimum atomic E-state index is 0.490. The van der Waals surface area contributed by atoms with Gasteiger partial charge >= 0.3 is 0 Å². The third kappa shape index (κ3) is 2.32. The van der Waals surface area contributed by atoms with Crippen molar-refractivity contribution in [2.45, 2.75) is 39.7 Å². The monoisotopic (exact) mass is 232 g/mol. The summed E-state index contributed by atoms with van der Waals surface area (Å²) in [6, 6.07) is 8.77. The molecule has 2 rings (SSSR count). The molecule has 1 unspecified atom stereocenters. The molecule has 2 heteroatoms. The zero-order chi connectivity index (χ0) is 12.5. The minimum Gasteiger partial charge on any atom is -0.399 e. The maximum Gasteiger partial charge on any atom is 0.0321 e. The molecule has 0 aromatic heterocycles. The summed E-state index contributed by atoms with van der Waals surface area (Å²) in [5.74, 6) is 0. The Labute approximate surface area is 105 Å². The fourth-order valence-corrected chi connectivity index (χ4v) is 2.82. The smallest absolute Gasteiger partial charge is 0.0321 e. The van der Waals surface area contributed by atoms with Gasteiger partial charge in [0.15, 0.2) is 0 Å². The number of anilines is 1. The lowest BCUT2D eigenvalue weighted by atomic mass is 9.74. The first-order valence-corrected chi connectivity index (χ1v) is 6.70. The van der Waals surface area contributed by atoms with Crippen LogP contribution >= 0.6 is 0 Å². The van der Waals surface area contributed by atoms with E-state index in [0.29, 0.717) is 11.5 Å². The summed E-state index contributed by atoms with van der Waals surface area (Å²) in [5.41, 5.74) is 8.63. The van der Waals surface area contributed by atoms with Crippen molar-refractivity contribution >= 4 is 5.69 Å². The van der Waals surface area contributed by atoms with Crippen molar-refractivity contribution in [3.63, 3.8) is 0 Å². The van der Waals surface area contributed by atoms with E-state index in [4.69, 9.17) is 5.73 Å². The highest BCUT2D eigenvalue weighted by molar-refractivity contribution is 5.41. The molecule has 0 amide bonds. The van der Waals surface area contributed by atoms with Crippen molar-refractivity contribution in [3.05, 3.63) is 29.8 Å². The Hall–Kier alpha value is -1.02. The van der Waals surface area contributed by atoms with Crippen LogP contribution in [0.25, 0.3) is 0 Å². The molecule has 1 aliphatic rings. The van der Waals surface area contributed by atoms with Crippen LogP contribution in [-0.2, 0) is 0 Å². The number of likely N-dealkylation sites (tertiary alicyclic amines) is 1. The van der Waals surface area contributed by atoms with Crippen molar-refractivity contribution in [2.24, 2.45) is 5.41 Å². The number of nitrogens with two attached hydrogens (primary N) is 1. The lowest BCUT2D eigenvalue weighted by molar-refractivity contribution is -0.0330. The van der Waals surface area contributed by atoms with E-state index in [-0.39, 0.29) is 0 Å². The first kappa shape index (κ1) is 12.4. The molecule has 1 aliphatic heterocycles. The van der Waals surface area contributed by atoms with Crippen LogP contribution in [-0.4, -0.2) is 18.0 Å². The predicted molar refractivity (Wildman–Crippen MR) is 73.9 cm³/mol. The molecular formula is C15H24N2. The summed E-state index contributed by atoms with van der Waals surface area (Å²) in [4.78, 5) is 2.56. The molecule has 1 aromatic carbocycles. The van der Waals surface area contributed by atoms with Gasteiger partial charge in [-0.15, -0.1) is 0 Å². The van der Waals surface area contributed by atoms with Crippen molar-refractivity contribution in [3.8, 4) is 0 Å². The lowest BCUT2D eigenvalue weighted by Crippen LogP contribution is -2.56. The molecule has 0 saturated carbocycles. The normalized spacial score (nSPS) is 20.9. The largest absolute Gasteiger partial charge is 0.399 e. The van der Waals surface area contributed by atoms with Gasteiger partial charge in [0.05, 0.1) is 0 Å². The molecule has 94 valence electrons. The SMILES string of the molecule is CCC1(CC)CN(C(C)c2cccc(N)c2)C1. The Bertz CT molecular complexity index is 374. The highest BCUT2D eigenvalue weighted by Crippen LogP contribution is 2.41. The third-order valence-corrected chi connectivity index (χ3v) is 4.52. The fourth-order valence-electron chi connectivity index (χ4n) is 2.82. The molecule has 1 aromatic rings. The van der Waals surface area contributed by atoms with Gasteiger partial charge in [0.1, 0.15) is 0 Å². The average Bonchev–Trinajstić information content (AvgIpc) is 2.29. The van der Waals surface area contributed by atoms with Crippen LogP contribution in [0.3, 0.4) is 0 Å². The maximum absolute atomic E-state index is 5.84. The van der Waals surface area contributed by atoms with E-state index in [2.05, 4.69) is 37.8 Å². The molecule has 0 bridgehead atoms. The highest BCUT2D eigenvalue weighted by atomic mass is 15.2. The van der Waals surface area contributed by atoms with Crippen molar-refractivity contribution < 1.29 is 0 Å². The van der Waals surface area contributed by atoms with Crippen LogP contribution in [0.1, 0.15) is 45.2 Å². The standard InChI is InChI=1S/C15H24N2/c1-4-15(5-2)10-17(11-15)12(3)13-7-6-8-14(16)9-13/h6-9,12H,4-5,10-11,16H2,1-3H3. The summed E-state index contributed by atoms with van der Waals surface area (Å²) in [6.07, 6.45) is 2.59. The lowest BCUT2D eigenvalue weighted by Gasteiger charge is -2.52. The second-order valence-corrected chi connectivity index (χ2v) is 5.46. The molecule has 2 N–H and O–H groups in total. The van der Waals surface area contributed by atoms with Crippen LogP contribution < -0.4 is 5.73 Å². The number of nitrogens with zero attached hydrogens (tertiary/aromatic N) is 1. The molecule has 1 fully saturated rings. The molecule has 1 atom stereocenters. The van der Waals surface area contributed by atoms with E-state index in [0.717, 1.165) is 5.69 Å². The molecule has 2 nitrogen and oxygen atoms in total. The Morgan fingerprint density at radius 3 is 2.47 bits per heavy atom. The number of benzene rings is 1. The quantitative estimate of drug-likeness (QED) is 0.806. The molecule has 17 heavy (non-hydrogen) atoms. The Kier molecular flexibility index (Phi) is 3.43. The first-order valence-electron chi connectivity index (χ1n) is 6.70. The number of hydrogen-bond acceptors (Lipinski definition) is 2. The molecule has 1 saturated heterocycles. The van der Waals surface area contributed by atoms with Crippen LogP contribution in [0, 0.1) is 5.41 Å². The molecule has 0 radical (unpaired) electrons. The Balaban J connectivity index is 2.02. The average molecular weight is 232 g/mol. The van der Waals surface area contributed by atoms with E-state index in [1.165, 1.54) is 31.5 Å². The van der Waals surface area contributed by atoms with Gasteiger partial charge in [0.2, 0.25) is 0 Å². The Morgan fingerprint density at radius 1 is 1.29 bits per heavy atom. The molecule has 1 heterocycles.